The van der Waals surface area contributed by atoms with Crippen molar-refractivity contribution in [1.29, 1.82) is 0 Å². The molecule has 0 spiro atoms. The first-order chi connectivity index (χ1) is 8.50. The van der Waals surface area contributed by atoms with Gasteiger partial charge in [0.1, 0.15) is 5.76 Å². The number of hydrogen-bond acceptors (Lipinski definition) is 3. The quantitative estimate of drug-likeness (QED) is 0.698. The second-order valence-electron chi connectivity index (χ2n) is 5.10. The van der Waals surface area contributed by atoms with E-state index in [9.17, 15) is 4.79 Å². The van der Waals surface area contributed by atoms with E-state index in [1.54, 1.807) is 13.0 Å². The highest BCUT2D eigenvalue weighted by molar-refractivity contribution is 5.86. The predicted octanol–water partition coefficient (Wildman–Crippen LogP) is 3.20. The summed E-state index contributed by atoms with van der Waals surface area (Å²) in [5, 5.41) is 12.1. The highest BCUT2D eigenvalue weighted by Crippen LogP contribution is 2.14. The lowest BCUT2D eigenvalue weighted by atomic mass is 10.1. The van der Waals surface area contributed by atoms with Gasteiger partial charge in [0.15, 0.2) is 0 Å². The van der Waals surface area contributed by atoms with Gasteiger partial charge in [-0.05, 0) is 31.9 Å². The van der Waals surface area contributed by atoms with Crippen LogP contribution in [-0.2, 0) is 6.54 Å². The molecule has 0 unspecified atom stereocenters. The van der Waals surface area contributed by atoms with Crippen molar-refractivity contribution in [2.24, 2.45) is 5.92 Å². The van der Waals surface area contributed by atoms with Crippen molar-refractivity contribution in [1.82, 2.24) is 5.32 Å². The number of nitrogens with one attached hydrogen (secondary N) is 1. The predicted molar refractivity (Wildman–Crippen MR) is 70.8 cm³/mol. The minimum Gasteiger partial charge on any atom is -0.475 e. The van der Waals surface area contributed by atoms with Gasteiger partial charge < -0.3 is 14.8 Å². The van der Waals surface area contributed by atoms with Gasteiger partial charge in [-0.3, -0.25) is 0 Å². The lowest BCUT2D eigenvalue weighted by Gasteiger charge is -2.05. The summed E-state index contributed by atoms with van der Waals surface area (Å²) in [4.78, 5) is 10.8. The number of carboxylic acid groups (broad SMARTS) is 1. The molecule has 0 aliphatic rings. The van der Waals surface area contributed by atoms with E-state index in [2.05, 4.69) is 19.2 Å². The third kappa shape index (κ3) is 4.92. The Morgan fingerprint density at radius 1 is 1.44 bits per heavy atom. The fourth-order valence-corrected chi connectivity index (χ4v) is 1.86. The first kappa shape index (κ1) is 14.8. The van der Waals surface area contributed by atoms with Gasteiger partial charge >= 0.3 is 5.97 Å². The highest BCUT2D eigenvalue weighted by atomic mass is 16.4. The molecule has 4 nitrogen and oxygen atoms in total. The van der Waals surface area contributed by atoms with Crippen molar-refractivity contribution in [3.05, 3.63) is 23.2 Å². The number of carbonyl (C=O) groups is 1. The molecule has 0 aliphatic heterocycles. The maximum Gasteiger partial charge on any atom is 0.372 e. The smallest absolute Gasteiger partial charge is 0.372 e. The largest absolute Gasteiger partial charge is 0.475 e. The fourth-order valence-electron chi connectivity index (χ4n) is 1.86. The molecule has 1 rings (SSSR count). The standard InChI is InChI=1S/C14H23NO3/c1-10(2)6-4-5-7-15-9-12-8-11(3)13(18-12)14(16)17/h8,10,15H,4-7,9H2,1-3H3,(H,16,17). The Morgan fingerprint density at radius 3 is 2.72 bits per heavy atom. The number of furan rings is 1. The molecule has 0 aliphatic carbocycles. The molecule has 1 aromatic heterocycles. The van der Waals surface area contributed by atoms with Gasteiger partial charge in [0.25, 0.3) is 0 Å². The number of aromatic carboxylic acids is 1. The van der Waals surface area contributed by atoms with Crippen molar-refractivity contribution in [2.75, 3.05) is 6.54 Å². The van der Waals surface area contributed by atoms with Crippen LogP contribution >= 0.6 is 0 Å². The summed E-state index contributed by atoms with van der Waals surface area (Å²) >= 11 is 0. The van der Waals surface area contributed by atoms with Gasteiger partial charge in [-0.15, -0.1) is 0 Å². The van der Waals surface area contributed by atoms with Crippen molar-refractivity contribution < 1.29 is 14.3 Å². The summed E-state index contributed by atoms with van der Waals surface area (Å²) in [6, 6.07) is 1.78. The summed E-state index contributed by atoms with van der Waals surface area (Å²) < 4.78 is 5.26. The molecule has 0 atom stereocenters. The van der Waals surface area contributed by atoms with E-state index in [-0.39, 0.29) is 5.76 Å². The molecule has 18 heavy (non-hydrogen) atoms. The van der Waals surface area contributed by atoms with Gasteiger partial charge in [0.05, 0.1) is 6.54 Å². The molecule has 0 radical (unpaired) electrons. The first-order valence-corrected chi connectivity index (χ1v) is 6.54. The minimum absolute atomic E-state index is 0.0478. The number of hydrogen-bond donors (Lipinski definition) is 2. The average molecular weight is 253 g/mol. The Kier molecular flexibility index (Phi) is 5.92. The summed E-state index contributed by atoms with van der Waals surface area (Å²) in [7, 11) is 0. The zero-order valence-corrected chi connectivity index (χ0v) is 11.5. The van der Waals surface area contributed by atoms with Gasteiger partial charge in [0, 0.05) is 5.56 Å². The van der Waals surface area contributed by atoms with E-state index in [0.29, 0.717) is 17.9 Å². The van der Waals surface area contributed by atoms with E-state index in [0.717, 1.165) is 18.9 Å². The molecule has 0 saturated heterocycles. The normalized spacial score (nSPS) is 11.1. The molecule has 4 heteroatoms. The first-order valence-electron chi connectivity index (χ1n) is 6.54. The van der Waals surface area contributed by atoms with Crippen LogP contribution in [0.5, 0.6) is 0 Å². The van der Waals surface area contributed by atoms with Crippen LogP contribution in [-0.4, -0.2) is 17.6 Å². The van der Waals surface area contributed by atoms with Gasteiger partial charge in [-0.25, -0.2) is 4.79 Å². The lowest BCUT2D eigenvalue weighted by molar-refractivity contribution is 0.0659. The third-order valence-corrected chi connectivity index (χ3v) is 2.85. The van der Waals surface area contributed by atoms with Crippen LogP contribution in [0.1, 0.15) is 55.0 Å². The average Bonchev–Trinajstić information content (AvgIpc) is 2.64. The number of carboxylic acids is 1. The van der Waals surface area contributed by atoms with Crippen LogP contribution in [0.3, 0.4) is 0 Å². The van der Waals surface area contributed by atoms with Gasteiger partial charge in [-0.2, -0.15) is 0 Å². The topological polar surface area (TPSA) is 62.5 Å². The van der Waals surface area contributed by atoms with Gasteiger partial charge in [0.2, 0.25) is 5.76 Å². The fraction of sp³-hybridized carbons (Fsp3) is 0.643. The number of aryl methyl sites for hydroxylation is 1. The van der Waals surface area contributed by atoms with Crippen molar-refractivity contribution >= 4 is 5.97 Å². The van der Waals surface area contributed by atoms with Crippen LogP contribution in [0.15, 0.2) is 10.5 Å². The molecule has 1 aromatic rings. The van der Waals surface area contributed by atoms with Crippen molar-refractivity contribution in [3.63, 3.8) is 0 Å². The van der Waals surface area contributed by atoms with E-state index in [1.807, 2.05) is 0 Å². The maximum atomic E-state index is 10.8. The maximum absolute atomic E-state index is 10.8. The Hall–Kier alpha value is -1.29. The van der Waals surface area contributed by atoms with Crippen LogP contribution in [0.25, 0.3) is 0 Å². The molecule has 0 bridgehead atoms. The molecule has 102 valence electrons. The molecule has 2 N–H and O–H groups in total. The lowest BCUT2D eigenvalue weighted by Crippen LogP contribution is -2.14. The molecule has 0 saturated carbocycles. The third-order valence-electron chi connectivity index (χ3n) is 2.85. The summed E-state index contributed by atoms with van der Waals surface area (Å²) in [5.74, 6) is 0.492. The molecule has 0 aromatic carbocycles. The second-order valence-corrected chi connectivity index (χ2v) is 5.10. The van der Waals surface area contributed by atoms with E-state index >= 15 is 0 Å². The molecular formula is C14H23NO3. The van der Waals surface area contributed by atoms with Crippen LogP contribution in [0.4, 0.5) is 0 Å². The van der Waals surface area contributed by atoms with Crippen LogP contribution < -0.4 is 5.32 Å². The van der Waals surface area contributed by atoms with Crippen molar-refractivity contribution in [3.8, 4) is 0 Å². The zero-order chi connectivity index (χ0) is 13.5. The number of unbranched alkanes of at least 4 members (excludes halogenated alkanes) is 1. The van der Waals surface area contributed by atoms with Crippen LogP contribution in [0, 0.1) is 12.8 Å². The van der Waals surface area contributed by atoms with Crippen molar-refractivity contribution in [2.45, 2.75) is 46.6 Å². The summed E-state index contributed by atoms with van der Waals surface area (Å²) in [6.07, 6.45) is 3.62. The Balaban J connectivity index is 2.23. The zero-order valence-electron chi connectivity index (χ0n) is 11.5. The molecule has 0 fully saturated rings. The summed E-state index contributed by atoms with van der Waals surface area (Å²) in [6.45, 7) is 7.74. The Morgan fingerprint density at radius 2 is 2.17 bits per heavy atom. The minimum atomic E-state index is -1.00. The van der Waals surface area contributed by atoms with Gasteiger partial charge in [-0.1, -0.05) is 26.7 Å². The van der Waals surface area contributed by atoms with E-state index in [1.165, 1.54) is 12.8 Å². The van der Waals surface area contributed by atoms with E-state index in [4.69, 9.17) is 9.52 Å². The SMILES string of the molecule is Cc1cc(CNCCCCC(C)C)oc1C(=O)O. The molecule has 0 amide bonds. The van der Waals surface area contributed by atoms with Crippen LogP contribution in [0.2, 0.25) is 0 Å². The number of rotatable bonds is 8. The summed E-state index contributed by atoms with van der Waals surface area (Å²) in [5.41, 5.74) is 0.680. The highest BCUT2D eigenvalue weighted by Gasteiger charge is 2.13. The molecular weight excluding hydrogens is 230 g/mol. The second kappa shape index (κ2) is 7.21. The monoisotopic (exact) mass is 253 g/mol. The molecule has 1 heterocycles. The van der Waals surface area contributed by atoms with E-state index < -0.39 is 5.97 Å². The Labute approximate surface area is 108 Å². The Bertz CT molecular complexity index is 382.